The number of likely N-dealkylation sites (tertiary alicyclic amines) is 1. The molecule has 2 saturated heterocycles. The summed E-state index contributed by atoms with van der Waals surface area (Å²) in [5, 5.41) is 9.47. The normalized spacial score (nSPS) is 19.4. The molecule has 2 aliphatic rings. The van der Waals surface area contributed by atoms with E-state index in [0.717, 1.165) is 43.2 Å². The Labute approximate surface area is 265 Å². The lowest BCUT2D eigenvalue weighted by Gasteiger charge is -2.30. The minimum atomic E-state index is -0.294. The van der Waals surface area contributed by atoms with Gasteiger partial charge in [0.2, 0.25) is 5.91 Å². The van der Waals surface area contributed by atoms with E-state index >= 15 is 0 Å². The first-order valence-corrected chi connectivity index (χ1v) is 16.3. The maximum Gasteiger partial charge on any atom is 0.251 e. The van der Waals surface area contributed by atoms with Gasteiger partial charge in [0.15, 0.2) is 0 Å². The molecule has 2 aliphatic heterocycles. The number of carbonyl (C=O) groups excluding carboxylic acids is 2. The smallest absolute Gasteiger partial charge is 0.251 e. The lowest BCUT2D eigenvalue weighted by atomic mass is 9.90. The van der Waals surface area contributed by atoms with Crippen molar-refractivity contribution in [1.82, 2.24) is 20.4 Å². The van der Waals surface area contributed by atoms with E-state index in [0.29, 0.717) is 30.2 Å². The second-order valence-corrected chi connectivity index (χ2v) is 12.6. The quantitative estimate of drug-likeness (QED) is 0.228. The Hall–Kier alpha value is -3.71. The van der Waals surface area contributed by atoms with E-state index in [2.05, 4.69) is 69.0 Å². The van der Waals surface area contributed by atoms with Crippen LogP contribution in [0.3, 0.4) is 0 Å². The first-order valence-electron chi connectivity index (χ1n) is 15.9. The Morgan fingerprint density at radius 3 is 2.23 bits per heavy atom. The number of rotatable bonds is 10. The van der Waals surface area contributed by atoms with Gasteiger partial charge in [-0.2, -0.15) is 0 Å². The summed E-state index contributed by atoms with van der Waals surface area (Å²) in [4.78, 5) is 31.9. The van der Waals surface area contributed by atoms with Crippen molar-refractivity contribution in [2.24, 2.45) is 0 Å². The van der Waals surface area contributed by atoms with Gasteiger partial charge in [-0.1, -0.05) is 84.4 Å². The van der Waals surface area contributed by atoms with Gasteiger partial charge in [0.05, 0.1) is 6.04 Å². The third-order valence-corrected chi connectivity index (χ3v) is 9.34. The third-order valence-electron chi connectivity index (χ3n) is 9.11. The summed E-state index contributed by atoms with van der Waals surface area (Å²) in [6, 6.07) is 32.0. The van der Waals surface area contributed by atoms with Gasteiger partial charge in [-0.15, -0.1) is 0 Å². The molecule has 7 heteroatoms. The van der Waals surface area contributed by atoms with Crippen LogP contribution < -0.4 is 10.6 Å². The van der Waals surface area contributed by atoms with E-state index in [4.69, 9.17) is 11.6 Å². The molecule has 4 aromatic carbocycles. The van der Waals surface area contributed by atoms with E-state index in [1.807, 2.05) is 48.5 Å². The number of amides is 2. The summed E-state index contributed by atoms with van der Waals surface area (Å²) in [5.41, 5.74) is 3.03. The molecule has 44 heavy (non-hydrogen) atoms. The van der Waals surface area contributed by atoms with Gasteiger partial charge in [-0.3, -0.25) is 9.59 Å². The van der Waals surface area contributed by atoms with Crippen LogP contribution in [0.4, 0.5) is 0 Å². The molecule has 6 rings (SSSR count). The minimum absolute atomic E-state index is 0.0114. The number of nitrogens with zero attached hydrogens (tertiary/aromatic N) is 2. The van der Waals surface area contributed by atoms with Crippen LogP contribution in [-0.2, 0) is 4.79 Å². The molecular formula is C37H41ClN4O2. The number of nitrogens with one attached hydrogen (secondary N) is 2. The van der Waals surface area contributed by atoms with Crippen LogP contribution in [0.2, 0.25) is 5.02 Å². The van der Waals surface area contributed by atoms with Gasteiger partial charge in [-0.25, -0.2) is 0 Å². The van der Waals surface area contributed by atoms with Crippen molar-refractivity contribution < 1.29 is 9.59 Å². The fraction of sp³-hybridized carbons (Fsp3) is 0.351. The van der Waals surface area contributed by atoms with E-state index in [1.54, 1.807) is 0 Å². The molecule has 6 nitrogen and oxygen atoms in total. The average molecular weight is 609 g/mol. The molecule has 0 unspecified atom stereocenters. The van der Waals surface area contributed by atoms with Crippen LogP contribution in [0.1, 0.15) is 53.1 Å². The summed E-state index contributed by atoms with van der Waals surface area (Å²) < 4.78 is 0. The third kappa shape index (κ3) is 7.49. The Morgan fingerprint density at radius 2 is 1.52 bits per heavy atom. The molecule has 0 aromatic heterocycles. The molecule has 0 radical (unpaired) electrons. The fourth-order valence-corrected chi connectivity index (χ4v) is 6.80. The minimum Gasteiger partial charge on any atom is -0.350 e. The highest BCUT2D eigenvalue weighted by atomic mass is 35.5. The Kier molecular flexibility index (Phi) is 9.91. The molecule has 2 heterocycles. The lowest BCUT2D eigenvalue weighted by Crippen LogP contribution is -2.50. The Morgan fingerprint density at radius 1 is 0.864 bits per heavy atom. The maximum absolute atomic E-state index is 14.2. The number of benzene rings is 4. The summed E-state index contributed by atoms with van der Waals surface area (Å²) in [6.07, 6.45) is 3.97. The predicted molar refractivity (Wildman–Crippen MR) is 178 cm³/mol. The van der Waals surface area contributed by atoms with Gasteiger partial charge in [0, 0.05) is 48.7 Å². The fourth-order valence-electron chi connectivity index (χ4n) is 6.62. The van der Waals surface area contributed by atoms with E-state index in [9.17, 15) is 9.59 Å². The highest BCUT2D eigenvalue weighted by Crippen LogP contribution is 2.27. The Bertz CT molecular complexity index is 1520. The molecule has 2 N–H and O–H groups in total. The van der Waals surface area contributed by atoms with Crippen LogP contribution in [0.25, 0.3) is 10.8 Å². The molecule has 4 aromatic rings. The number of carbonyl (C=O) groups is 2. The topological polar surface area (TPSA) is 64.7 Å². The summed E-state index contributed by atoms with van der Waals surface area (Å²) in [7, 11) is 0. The second kappa shape index (κ2) is 14.4. The van der Waals surface area contributed by atoms with Crippen molar-refractivity contribution >= 4 is 34.2 Å². The van der Waals surface area contributed by atoms with Crippen molar-refractivity contribution in [2.45, 2.75) is 43.7 Å². The van der Waals surface area contributed by atoms with E-state index in [-0.39, 0.29) is 29.8 Å². The molecule has 0 spiro atoms. The number of fused-ring (bicyclic) bond motifs is 1. The Balaban J connectivity index is 1.17. The van der Waals surface area contributed by atoms with Gasteiger partial charge in [-0.05, 0) is 84.9 Å². The summed E-state index contributed by atoms with van der Waals surface area (Å²) in [6.45, 7) is 4.82. The van der Waals surface area contributed by atoms with Gasteiger partial charge < -0.3 is 20.4 Å². The van der Waals surface area contributed by atoms with Crippen molar-refractivity contribution in [3.8, 4) is 0 Å². The largest absolute Gasteiger partial charge is 0.350 e. The zero-order chi connectivity index (χ0) is 30.3. The SMILES string of the molecule is O=C(NC[C@H]1CCN(CC(c2ccccc2)c2ccccc2)C(=O)[C@@H](CCN2CCCC2)N1)c1ccc2cc(Cl)ccc2c1. The number of halogens is 1. The van der Waals surface area contributed by atoms with Crippen LogP contribution >= 0.6 is 11.6 Å². The maximum atomic E-state index is 14.2. The highest BCUT2D eigenvalue weighted by molar-refractivity contribution is 6.31. The molecule has 0 saturated carbocycles. The van der Waals surface area contributed by atoms with Gasteiger partial charge in [0.1, 0.15) is 0 Å². The zero-order valence-corrected chi connectivity index (χ0v) is 25.9. The van der Waals surface area contributed by atoms with Crippen LogP contribution in [0, 0.1) is 0 Å². The predicted octanol–water partition coefficient (Wildman–Crippen LogP) is 6.10. The van der Waals surface area contributed by atoms with Crippen LogP contribution in [0.5, 0.6) is 0 Å². The van der Waals surface area contributed by atoms with Crippen molar-refractivity contribution in [3.63, 3.8) is 0 Å². The van der Waals surface area contributed by atoms with Crippen molar-refractivity contribution in [1.29, 1.82) is 0 Å². The molecule has 0 aliphatic carbocycles. The van der Waals surface area contributed by atoms with Crippen molar-refractivity contribution in [3.05, 3.63) is 119 Å². The molecule has 228 valence electrons. The van der Waals surface area contributed by atoms with E-state index in [1.165, 1.54) is 24.0 Å². The van der Waals surface area contributed by atoms with Crippen LogP contribution in [0.15, 0.2) is 97.1 Å². The van der Waals surface area contributed by atoms with Gasteiger partial charge in [0.25, 0.3) is 5.91 Å². The standard InChI is InChI=1S/C37H41ClN4O2/c38-32-16-15-29-23-31(14-13-30(29)24-32)36(43)39-25-33-17-22-42(37(44)35(40-33)18-21-41-19-7-8-20-41)26-34(27-9-3-1-4-10-27)28-11-5-2-6-12-28/h1-6,9-16,23-24,33-35,40H,7-8,17-22,25-26H2,(H,39,43)/t33-,35-/m1/s1. The monoisotopic (exact) mass is 608 g/mol. The summed E-state index contributed by atoms with van der Waals surface area (Å²) in [5.74, 6) is 0.126. The van der Waals surface area contributed by atoms with Crippen molar-refractivity contribution in [2.75, 3.05) is 39.3 Å². The first kappa shape index (κ1) is 30.3. The average Bonchev–Trinajstić information content (AvgIpc) is 3.54. The molecule has 0 bridgehead atoms. The number of hydrogen-bond donors (Lipinski definition) is 2. The van der Waals surface area contributed by atoms with Crippen LogP contribution in [-0.4, -0.2) is 73.0 Å². The number of hydrogen-bond acceptors (Lipinski definition) is 4. The van der Waals surface area contributed by atoms with E-state index < -0.39 is 0 Å². The highest BCUT2D eigenvalue weighted by Gasteiger charge is 2.33. The molecule has 2 fully saturated rings. The van der Waals surface area contributed by atoms with Gasteiger partial charge >= 0.3 is 0 Å². The molecular weight excluding hydrogens is 568 g/mol. The zero-order valence-electron chi connectivity index (χ0n) is 25.1. The molecule has 2 atom stereocenters. The summed E-state index contributed by atoms with van der Waals surface area (Å²) >= 11 is 6.14. The lowest BCUT2D eigenvalue weighted by molar-refractivity contribution is -0.133. The second-order valence-electron chi connectivity index (χ2n) is 12.1. The molecule has 2 amide bonds. The first-order chi connectivity index (χ1) is 21.5.